The molecule has 0 rings (SSSR count). The minimum atomic E-state index is -0.764. The third-order valence-electron chi connectivity index (χ3n) is 11.8. The van der Waals surface area contributed by atoms with E-state index in [-0.39, 0.29) is 31.1 Å². The fraction of sp³-hybridized carbons (Fsp3) is 0.906. The largest absolute Gasteiger partial charge is 0.462 e. The lowest BCUT2D eigenvalue weighted by atomic mass is 10.0. The lowest BCUT2D eigenvalue weighted by Gasteiger charge is -2.18. The van der Waals surface area contributed by atoms with Crippen LogP contribution in [0.3, 0.4) is 0 Å². The van der Waals surface area contributed by atoms with Crippen LogP contribution in [0.5, 0.6) is 0 Å². The summed E-state index contributed by atoms with van der Waals surface area (Å²) in [5.41, 5.74) is 0. The molecule has 59 heavy (non-hydrogen) atoms. The van der Waals surface area contributed by atoms with Gasteiger partial charge in [0.15, 0.2) is 6.10 Å². The van der Waals surface area contributed by atoms with Gasteiger partial charge < -0.3 is 14.2 Å². The minimum Gasteiger partial charge on any atom is -0.462 e. The quantitative estimate of drug-likeness (QED) is 0.0263. The summed E-state index contributed by atoms with van der Waals surface area (Å²) in [7, 11) is 0. The number of unbranched alkanes of at least 4 members (excludes halogenated alkanes) is 35. The summed E-state index contributed by atoms with van der Waals surface area (Å²) in [6.45, 7) is 6.65. The molecule has 0 saturated heterocycles. The Balaban J connectivity index is 4.32. The number of esters is 3. The smallest absolute Gasteiger partial charge is 0.306 e. The molecule has 0 heterocycles. The van der Waals surface area contributed by atoms with E-state index in [1.807, 2.05) is 0 Å². The Kier molecular flexibility index (Phi) is 47.3. The Bertz CT molecular complexity index is 916. The van der Waals surface area contributed by atoms with Crippen molar-refractivity contribution in [3.8, 4) is 0 Å². The molecule has 0 bridgehead atoms. The highest BCUT2D eigenvalue weighted by atomic mass is 16.6. The molecule has 0 aliphatic rings. The van der Waals surface area contributed by atoms with Crippen LogP contribution < -0.4 is 0 Å². The van der Waals surface area contributed by atoms with Crippen molar-refractivity contribution in [1.82, 2.24) is 0 Å². The van der Waals surface area contributed by atoms with Gasteiger partial charge in [-0.15, -0.1) is 0 Å². The summed E-state index contributed by atoms with van der Waals surface area (Å²) in [5.74, 6) is -0.853. The van der Waals surface area contributed by atoms with Crippen molar-refractivity contribution in [2.24, 2.45) is 0 Å². The molecule has 0 aliphatic heterocycles. The Morgan fingerprint density at radius 1 is 0.322 bits per heavy atom. The molecule has 0 aromatic heterocycles. The highest BCUT2D eigenvalue weighted by Crippen LogP contribution is 2.16. The van der Waals surface area contributed by atoms with Gasteiger partial charge in [-0.2, -0.15) is 0 Å². The third kappa shape index (κ3) is 47.1. The highest BCUT2D eigenvalue weighted by Gasteiger charge is 2.19. The fourth-order valence-corrected chi connectivity index (χ4v) is 7.79. The van der Waals surface area contributed by atoms with Crippen molar-refractivity contribution >= 4 is 17.9 Å². The molecule has 0 fully saturated rings. The first-order valence-corrected chi connectivity index (χ1v) is 26.2. The van der Waals surface area contributed by atoms with Crippen LogP contribution in [-0.4, -0.2) is 37.2 Å². The van der Waals surface area contributed by atoms with Crippen LogP contribution in [-0.2, 0) is 28.6 Å². The normalized spacial score (nSPS) is 12.0. The zero-order chi connectivity index (χ0) is 43.0. The number of hydrogen-bond donors (Lipinski definition) is 0. The summed E-state index contributed by atoms with van der Waals surface area (Å²) in [6, 6.07) is 0. The SMILES string of the molecule is CCCCCCC=CCCCCCCCCCC(=O)OCC(COC(=O)CCCCCCCCCCCCCCC)OC(=O)CCCCCCCCCCCCCCC. The standard InChI is InChI=1S/C53H100O6/c1-4-7-10-13-16-19-22-25-26-29-31-34-37-40-43-46-52(55)58-49-50(59-53(56)47-44-41-38-35-32-28-24-21-18-15-12-9-6-3)48-57-51(54)45-42-39-36-33-30-27-23-20-17-14-11-8-5-2/h19,22,50H,4-18,20-21,23-49H2,1-3H3. The van der Waals surface area contributed by atoms with E-state index in [0.717, 1.165) is 57.8 Å². The second-order valence-electron chi connectivity index (χ2n) is 17.8. The number of hydrogen-bond acceptors (Lipinski definition) is 6. The van der Waals surface area contributed by atoms with Gasteiger partial charge in [0.25, 0.3) is 0 Å². The number of carbonyl (C=O) groups excluding carboxylic acids is 3. The zero-order valence-electron chi connectivity index (χ0n) is 39.8. The molecule has 0 N–H and O–H groups in total. The van der Waals surface area contributed by atoms with Gasteiger partial charge in [0.05, 0.1) is 0 Å². The van der Waals surface area contributed by atoms with Crippen LogP contribution in [0.15, 0.2) is 12.2 Å². The molecule has 0 aliphatic carbocycles. The highest BCUT2D eigenvalue weighted by molar-refractivity contribution is 5.71. The molecule has 6 nitrogen and oxygen atoms in total. The maximum Gasteiger partial charge on any atom is 0.306 e. The van der Waals surface area contributed by atoms with Crippen LogP contribution in [0.1, 0.15) is 290 Å². The molecule has 1 unspecified atom stereocenters. The van der Waals surface area contributed by atoms with Crippen molar-refractivity contribution in [3.63, 3.8) is 0 Å². The molecular formula is C53H100O6. The van der Waals surface area contributed by atoms with E-state index in [4.69, 9.17) is 14.2 Å². The molecule has 6 heteroatoms. The molecule has 0 spiro atoms. The molecule has 0 radical (unpaired) electrons. The maximum atomic E-state index is 12.8. The second kappa shape index (κ2) is 48.8. The van der Waals surface area contributed by atoms with E-state index in [9.17, 15) is 14.4 Å². The molecule has 0 aromatic rings. The average molecular weight is 833 g/mol. The monoisotopic (exact) mass is 833 g/mol. The summed E-state index contributed by atoms with van der Waals surface area (Å²) < 4.78 is 16.8. The molecule has 1 atom stereocenters. The Hall–Kier alpha value is -1.85. The van der Waals surface area contributed by atoms with Crippen LogP contribution in [0.4, 0.5) is 0 Å². The molecule has 0 saturated carbocycles. The first-order valence-electron chi connectivity index (χ1n) is 26.2. The number of allylic oxidation sites excluding steroid dienone is 2. The summed E-state index contributed by atoms with van der Waals surface area (Å²) >= 11 is 0. The van der Waals surface area contributed by atoms with E-state index >= 15 is 0 Å². The summed E-state index contributed by atoms with van der Waals surface area (Å²) in [4.78, 5) is 37.9. The predicted molar refractivity (Wildman–Crippen MR) is 252 cm³/mol. The van der Waals surface area contributed by atoms with Gasteiger partial charge in [0, 0.05) is 19.3 Å². The summed E-state index contributed by atoms with van der Waals surface area (Å²) in [5, 5.41) is 0. The van der Waals surface area contributed by atoms with Crippen LogP contribution >= 0.6 is 0 Å². The van der Waals surface area contributed by atoms with Crippen molar-refractivity contribution in [2.75, 3.05) is 13.2 Å². The Morgan fingerprint density at radius 3 is 0.864 bits per heavy atom. The van der Waals surface area contributed by atoms with E-state index < -0.39 is 6.10 Å². The lowest BCUT2D eigenvalue weighted by Crippen LogP contribution is -2.30. The average Bonchev–Trinajstić information content (AvgIpc) is 3.23. The minimum absolute atomic E-state index is 0.0658. The second-order valence-corrected chi connectivity index (χ2v) is 17.8. The van der Waals surface area contributed by atoms with Crippen molar-refractivity contribution < 1.29 is 28.6 Å². The van der Waals surface area contributed by atoms with Gasteiger partial charge in [-0.05, 0) is 44.9 Å². The van der Waals surface area contributed by atoms with Gasteiger partial charge in [0.1, 0.15) is 13.2 Å². The van der Waals surface area contributed by atoms with E-state index in [1.54, 1.807) is 0 Å². The number of carbonyl (C=O) groups is 3. The van der Waals surface area contributed by atoms with Crippen LogP contribution in [0, 0.1) is 0 Å². The first kappa shape index (κ1) is 57.1. The Morgan fingerprint density at radius 2 is 0.559 bits per heavy atom. The van der Waals surface area contributed by atoms with E-state index in [1.165, 1.54) is 193 Å². The number of rotatable bonds is 48. The van der Waals surface area contributed by atoms with Gasteiger partial charge in [-0.25, -0.2) is 0 Å². The van der Waals surface area contributed by atoms with E-state index in [0.29, 0.717) is 19.3 Å². The molecule has 0 amide bonds. The third-order valence-corrected chi connectivity index (χ3v) is 11.8. The van der Waals surface area contributed by atoms with Crippen LogP contribution in [0.25, 0.3) is 0 Å². The maximum absolute atomic E-state index is 12.8. The van der Waals surface area contributed by atoms with Crippen LogP contribution in [0.2, 0.25) is 0 Å². The predicted octanol–water partition coefficient (Wildman–Crippen LogP) is 17.0. The van der Waals surface area contributed by atoms with E-state index in [2.05, 4.69) is 32.9 Å². The van der Waals surface area contributed by atoms with Gasteiger partial charge >= 0.3 is 17.9 Å². The topological polar surface area (TPSA) is 78.9 Å². The zero-order valence-corrected chi connectivity index (χ0v) is 39.8. The molecule has 348 valence electrons. The molecular weight excluding hydrogens is 733 g/mol. The van der Waals surface area contributed by atoms with Gasteiger partial charge in [-0.1, -0.05) is 238 Å². The fourth-order valence-electron chi connectivity index (χ4n) is 7.79. The van der Waals surface area contributed by atoms with Gasteiger partial charge in [0.2, 0.25) is 0 Å². The Labute approximate surface area is 367 Å². The van der Waals surface area contributed by atoms with Crippen molar-refractivity contribution in [2.45, 2.75) is 297 Å². The summed E-state index contributed by atoms with van der Waals surface area (Å²) in [6.07, 6.45) is 53.3. The lowest BCUT2D eigenvalue weighted by molar-refractivity contribution is -0.167. The molecule has 0 aromatic carbocycles. The van der Waals surface area contributed by atoms with Gasteiger partial charge in [-0.3, -0.25) is 14.4 Å². The van der Waals surface area contributed by atoms with Crippen molar-refractivity contribution in [1.29, 1.82) is 0 Å². The first-order chi connectivity index (χ1) is 29.0. The van der Waals surface area contributed by atoms with Crippen molar-refractivity contribution in [3.05, 3.63) is 12.2 Å². The number of ether oxygens (including phenoxy) is 3.